The van der Waals surface area contributed by atoms with Crippen LogP contribution in [0.4, 0.5) is 5.69 Å². The third-order valence-corrected chi connectivity index (χ3v) is 5.14. The van der Waals surface area contributed by atoms with E-state index in [1.54, 1.807) is 18.2 Å². The minimum Gasteiger partial charge on any atom is -0.352 e. The van der Waals surface area contributed by atoms with Gasteiger partial charge in [0.1, 0.15) is 0 Å². The number of rotatable bonds is 7. The Morgan fingerprint density at radius 2 is 1.80 bits per heavy atom. The van der Waals surface area contributed by atoms with E-state index in [4.69, 9.17) is 11.6 Å². The summed E-state index contributed by atoms with van der Waals surface area (Å²) in [6.45, 7) is 4.75. The van der Waals surface area contributed by atoms with Crippen LogP contribution in [0.5, 0.6) is 0 Å². The van der Waals surface area contributed by atoms with Crippen molar-refractivity contribution in [3.63, 3.8) is 0 Å². The Morgan fingerprint density at radius 3 is 2.40 bits per heavy atom. The van der Waals surface area contributed by atoms with Gasteiger partial charge in [-0.1, -0.05) is 31.5 Å². The van der Waals surface area contributed by atoms with Gasteiger partial charge in [0, 0.05) is 17.1 Å². The summed E-state index contributed by atoms with van der Waals surface area (Å²) in [5.74, 6) is 0.290. The summed E-state index contributed by atoms with van der Waals surface area (Å²) >= 11 is 5.86. The molecule has 134 valence electrons. The van der Waals surface area contributed by atoms with E-state index in [-0.39, 0.29) is 10.8 Å². The van der Waals surface area contributed by atoms with Crippen molar-refractivity contribution in [3.05, 3.63) is 59.1 Å². The first-order valence-corrected chi connectivity index (χ1v) is 9.81. The van der Waals surface area contributed by atoms with Crippen LogP contribution in [0.3, 0.4) is 0 Å². The number of carbonyl (C=O) groups is 1. The summed E-state index contributed by atoms with van der Waals surface area (Å²) in [6, 6.07) is 12.3. The third-order valence-electron chi connectivity index (χ3n) is 3.51. The zero-order chi connectivity index (χ0) is 18.4. The largest absolute Gasteiger partial charge is 0.352 e. The Balaban J connectivity index is 2.06. The monoisotopic (exact) mass is 380 g/mol. The molecular weight excluding hydrogens is 360 g/mol. The molecule has 1 amide bonds. The van der Waals surface area contributed by atoms with Crippen molar-refractivity contribution in [1.82, 2.24) is 5.32 Å². The van der Waals surface area contributed by atoms with Crippen LogP contribution in [0.1, 0.15) is 30.6 Å². The van der Waals surface area contributed by atoms with Crippen molar-refractivity contribution in [2.45, 2.75) is 25.2 Å². The molecule has 0 aromatic heterocycles. The summed E-state index contributed by atoms with van der Waals surface area (Å²) in [5.41, 5.74) is 0.800. The van der Waals surface area contributed by atoms with Crippen molar-refractivity contribution >= 4 is 33.2 Å². The Labute approximate surface area is 153 Å². The fraction of sp³-hybridized carbons (Fsp3) is 0.278. The minimum absolute atomic E-state index is 0.0752. The lowest BCUT2D eigenvalue weighted by molar-refractivity contribution is 0.0952. The number of hydrogen-bond acceptors (Lipinski definition) is 3. The lowest BCUT2D eigenvalue weighted by atomic mass is 10.1. The summed E-state index contributed by atoms with van der Waals surface area (Å²) in [4.78, 5) is 12.1. The second-order valence-electron chi connectivity index (χ2n) is 6.08. The van der Waals surface area contributed by atoms with Gasteiger partial charge in [0.25, 0.3) is 15.9 Å². The molecule has 7 heteroatoms. The molecule has 0 bridgehead atoms. The van der Waals surface area contributed by atoms with Gasteiger partial charge in [0.2, 0.25) is 0 Å². The van der Waals surface area contributed by atoms with Gasteiger partial charge < -0.3 is 5.32 Å². The summed E-state index contributed by atoms with van der Waals surface area (Å²) in [6.07, 6.45) is 0.891. The highest BCUT2D eigenvalue weighted by molar-refractivity contribution is 7.92. The molecule has 0 radical (unpaired) electrons. The molecule has 0 heterocycles. The van der Waals surface area contributed by atoms with Gasteiger partial charge in [-0.25, -0.2) is 8.42 Å². The average Bonchev–Trinajstić information content (AvgIpc) is 2.54. The Bertz CT molecular complexity index is 834. The van der Waals surface area contributed by atoms with Gasteiger partial charge in [-0.15, -0.1) is 0 Å². The molecule has 2 rings (SSSR count). The normalized spacial score (nSPS) is 11.4. The summed E-state index contributed by atoms with van der Waals surface area (Å²) in [5, 5.41) is 3.25. The van der Waals surface area contributed by atoms with Crippen LogP contribution in [0.15, 0.2) is 53.4 Å². The average molecular weight is 381 g/mol. The van der Waals surface area contributed by atoms with Crippen LogP contribution in [0, 0.1) is 5.92 Å². The van der Waals surface area contributed by atoms with Crippen LogP contribution >= 0.6 is 11.6 Å². The lowest BCUT2D eigenvalue weighted by Crippen LogP contribution is -2.25. The van der Waals surface area contributed by atoms with E-state index in [0.29, 0.717) is 28.7 Å². The van der Waals surface area contributed by atoms with E-state index in [9.17, 15) is 13.2 Å². The van der Waals surface area contributed by atoms with Crippen molar-refractivity contribution < 1.29 is 13.2 Å². The molecule has 0 spiro atoms. The summed E-state index contributed by atoms with van der Waals surface area (Å²) in [7, 11) is -3.74. The topological polar surface area (TPSA) is 75.3 Å². The van der Waals surface area contributed by atoms with Gasteiger partial charge in [0.05, 0.1) is 10.6 Å². The molecule has 0 atom stereocenters. The van der Waals surface area contributed by atoms with E-state index in [0.717, 1.165) is 6.42 Å². The van der Waals surface area contributed by atoms with E-state index < -0.39 is 10.0 Å². The van der Waals surface area contributed by atoms with Crippen LogP contribution in [0.25, 0.3) is 0 Å². The number of carbonyl (C=O) groups excluding carboxylic acids is 1. The first-order chi connectivity index (χ1) is 11.8. The number of benzene rings is 2. The Hall–Kier alpha value is -2.05. The SMILES string of the molecule is CC(C)CCNC(=O)c1ccc(S(=O)(=O)Nc2cccc(Cl)c2)cc1. The number of nitrogens with one attached hydrogen (secondary N) is 2. The molecule has 0 fully saturated rings. The second-order valence-corrected chi connectivity index (χ2v) is 8.20. The number of halogens is 1. The minimum atomic E-state index is -3.74. The van der Waals surface area contributed by atoms with E-state index in [2.05, 4.69) is 23.9 Å². The Morgan fingerprint density at radius 1 is 1.12 bits per heavy atom. The zero-order valence-electron chi connectivity index (χ0n) is 14.1. The molecule has 2 N–H and O–H groups in total. The van der Waals surface area contributed by atoms with Gasteiger partial charge >= 0.3 is 0 Å². The van der Waals surface area contributed by atoms with Crippen molar-refractivity contribution in [3.8, 4) is 0 Å². The quantitative estimate of drug-likeness (QED) is 0.764. The van der Waals surface area contributed by atoms with Gasteiger partial charge in [-0.3, -0.25) is 9.52 Å². The van der Waals surface area contributed by atoms with Gasteiger partial charge in [-0.05, 0) is 54.8 Å². The maximum atomic E-state index is 12.4. The van der Waals surface area contributed by atoms with Crippen molar-refractivity contribution in [1.29, 1.82) is 0 Å². The molecule has 0 aliphatic carbocycles. The molecule has 0 aliphatic heterocycles. The van der Waals surface area contributed by atoms with Crippen LogP contribution < -0.4 is 10.0 Å². The number of hydrogen-bond donors (Lipinski definition) is 2. The Kier molecular flexibility index (Phi) is 6.45. The standard InChI is InChI=1S/C18H21ClN2O3S/c1-13(2)10-11-20-18(22)14-6-8-17(9-7-14)25(23,24)21-16-5-3-4-15(19)12-16/h3-9,12-13,21H,10-11H2,1-2H3,(H,20,22). The van der Waals surface area contributed by atoms with Crippen molar-refractivity contribution in [2.75, 3.05) is 11.3 Å². The first kappa shape index (κ1) is 19.3. The molecule has 2 aromatic rings. The smallest absolute Gasteiger partial charge is 0.261 e. The molecule has 25 heavy (non-hydrogen) atoms. The third kappa shape index (κ3) is 5.76. The van der Waals surface area contributed by atoms with E-state index >= 15 is 0 Å². The molecule has 2 aromatic carbocycles. The number of anilines is 1. The fourth-order valence-electron chi connectivity index (χ4n) is 2.13. The van der Waals surface area contributed by atoms with Crippen molar-refractivity contribution in [2.24, 2.45) is 5.92 Å². The second kappa shape index (κ2) is 8.36. The number of amides is 1. The van der Waals surface area contributed by atoms with Crippen LogP contribution in [0.2, 0.25) is 5.02 Å². The predicted octanol–water partition coefficient (Wildman–Crippen LogP) is 3.92. The maximum Gasteiger partial charge on any atom is 0.261 e. The van der Waals surface area contributed by atoms with Gasteiger partial charge in [-0.2, -0.15) is 0 Å². The highest BCUT2D eigenvalue weighted by Crippen LogP contribution is 2.19. The molecule has 5 nitrogen and oxygen atoms in total. The first-order valence-electron chi connectivity index (χ1n) is 7.94. The van der Waals surface area contributed by atoms with E-state index in [1.165, 1.54) is 30.3 Å². The highest BCUT2D eigenvalue weighted by atomic mass is 35.5. The summed E-state index contributed by atoms with van der Waals surface area (Å²) < 4.78 is 27.2. The van der Waals surface area contributed by atoms with Crippen LogP contribution in [-0.4, -0.2) is 20.9 Å². The molecule has 0 aliphatic rings. The zero-order valence-corrected chi connectivity index (χ0v) is 15.7. The van der Waals surface area contributed by atoms with E-state index in [1.807, 2.05) is 0 Å². The highest BCUT2D eigenvalue weighted by Gasteiger charge is 2.15. The number of sulfonamides is 1. The van der Waals surface area contributed by atoms with Crippen LogP contribution in [-0.2, 0) is 10.0 Å². The molecule has 0 saturated carbocycles. The molecule has 0 unspecified atom stereocenters. The van der Waals surface area contributed by atoms with Gasteiger partial charge in [0.15, 0.2) is 0 Å². The predicted molar refractivity (Wildman–Crippen MR) is 100 cm³/mol. The molecule has 0 saturated heterocycles. The molecular formula is C18H21ClN2O3S. The lowest BCUT2D eigenvalue weighted by Gasteiger charge is -2.10. The maximum absolute atomic E-state index is 12.4. The fourth-order valence-corrected chi connectivity index (χ4v) is 3.37.